The van der Waals surface area contributed by atoms with Gasteiger partial charge >= 0.3 is 0 Å². The lowest BCUT2D eigenvalue weighted by Gasteiger charge is -2.37. The van der Waals surface area contributed by atoms with Crippen LogP contribution in [0.2, 0.25) is 5.02 Å². The van der Waals surface area contributed by atoms with Crippen LogP contribution in [0.4, 0.5) is 0 Å². The maximum atomic E-state index is 5.91. The molecule has 0 bridgehead atoms. The van der Waals surface area contributed by atoms with Gasteiger partial charge in [-0.25, -0.2) is 3.11 Å². The minimum Gasteiger partial charge on any atom is -0.247 e. The Hall–Kier alpha value is 0.200. The van der Waals surface area contributed by atoms with Crippen molar-refractivity contribution < 1.29 is 0 Å². The molecule has 0 aliphatic carbocycles. The van der Waals surface area contributed by atoms with Crippen LogP contribution in [0.25, 0.3) is 0 Å². The van der Waals surface area contributed by atoms with Gasteiger partial charge in [0.05, 0.1) is 0 Å². The first-order valence-corrected chi connectivity index (χ1v) is 6.61. The summed E-state index contributed by atoms with van der Waals surface area (Å²) in [5, 5.41) is 0.827. The Labute approximate surface area is 110 Å². The Morgan fingerprint density at radius 2 is 1.73 bits per heavy atom. The molecule has 15 heavy (non-hydrogen) atoms. The minimum atomic E-state index is 0.340. The molecule has 1 fully saturated rings. The quantitative estimate of drug-likeness (QED) is 0.553. The molecule has 1 aliphatic heterocycles. The number of hydrogen-bond donors (Lipinski definition) is 0. The average Bonchev–Trinajstić information content (AvgIpc) is 2.24. The standard InChI is InChI=1S/C12H15ClIN/c1-12(6-8-15(14)9-7-12)10-2-4-11(13)5-3-10/h2-5H,6-9H2,1H3. The van der Waals surface area contributed by atoms with E-state index in [4.69, 9.17) is 11.6 Å². The highest BCUT2D eigenvalue weighted by Gasteiger charge is 2.30. The molecule has 1 aromatic carbocycles. The van der Waals surface area contributed by atoms with Gasteiger partial charge in [-0.3, -0.25) is 0 Å². The van der Waals surface area contributed by atoms with E-state index in [0.717, 1.165) is 5.02 Å². The molecule has 0 radical (unpaired) electrons. The van der Waals surface area contributed by atoms with Gasteiger partial charge in [0.15, 0.2) is 0 Å². The zero-order valence-electron chi connectivity index (χ0n) is 8.84. The monoisotopic (exact) mass is 335 g/mol. The molecule has 1 aliphatic rings. The summed E-state index contributed by atoms with van der Waals surface area (Å²) in [5.41, 5.74) is 1.77. The first kappa shape index (κ1) is 11.7. The van der Waals surface area contributed by atoms with Crippen molar-refractivity contribution in [3.8, 4) is 0 Å². The van der Waals surface area contributed by atoms with E-state index in [1.54, 1.807) is 0 Å². The summed E-state index contributed by atoms with van der Waals surface area (Å²) in [4.78, 5) is 0. The zero-order valence-corrected chi connectivity index (χ0v) is 11.8. The summed E-state index contributed by atoms with van der Waals surface area (Å²) >= 11 is 8.32. The maximum absolute atomic E-state index is 5.91. The fraction of sp³-hybridized carbons (Fsp3) is 0.500. The number of nitrogens with zero attached hydrogens (tertiary/aromatic N) is 1. The van der Waals surface area contributed by atoms with Crippen molar-refractivity contribution in [3.63, 3.8) is 0 Å². The molecule has 0 saturated carbocycles. The molecule has 1 aromatic rings. The third-order valence-electron chi connectivity index (χ3n) is 3.35. The van der Waals surface area contributed by atoms with Gasteiger partial charge in [-0.1, -0.05) is 30.7 Å². The largest absolute Gasteiger partial charge is 0.247 e. The van der Waals surface area contributed by atoms with Gasteiger partial charge in [-0.15, -0.1) is 0 Å². The lowest BCUT2D eigenvalue weighted by molar-refractivity contribution is 0.278. The molecule has 0 aromatic heterocycles. The second-order valence-corrected chi connectivity index (χ2v) is 6.28. The Morgan fingerprint density at radius 3 is 2.27 bits per heavy atom. The summed E-state index contributed by atoms with van der Waals surface area (Å²) in [7, 11) is 0. The fourth-order valence-corrected chi connectivity index (χ4v) is 2.72. The van der Waals surface area contributed by atoms with E-state index in [9.17, 15) is 0 Å². The van der Waals surface area contributed by atoms with Crippen LogP contribution >= 0.6 is 34.5 Å². The highest BCUT2D eigenvalue weighted by Crippen LogP contribution is 2.36. The molecule has 0 atom stereocenters. The van der Waals surface area contributed by atoms with Gasteiger partial charge in [-0.2, -0.15) is 0 Å². The molecule has 1 heterocycles. The van der Waals surface area contributed by atoms with Crippen molar-refractivity contribution in [2.45, 2.75) is 25.2 Å². The molecule has 1 saturated heterocycles. The second kappa shape index (κ2) is 4.60. The molecule has 3 heteroatoms. The molecule has 0 N–H and O–H groups in total. The molecule has 0 spiro atoms. The van der Waals surface area contributed by atoms with Crippen molar-refractivity contribution in [2.75, 3.05) is 13.1 Å². The SMILES string of the molecule is CC1(c2ccc(Cl)cc2)CCN(I)CC1. The molecular weight excluding hydrogens is 320 g/mol. The van der Waals surface area contributed by atoms with Gasteiger partial charge in [0, 0.05) is 41.0 Å². The molecule has 82 valence electrons. The van der Waals surface area contributed by atoms with Crippen LogP contribution in [-0.4, -0.2) is 16.2 Å². The lowest BCUT2D eigenvalue weighted by Crippen LogP contribution is -2.36. The average molecular weight is 336 g/mol. The van der Waals surface area contributed by atoms with Crippen LogP contribution in [0.3, 0.4) is 0 Å². The van der Waals surface area contributed by atoms with Crippen LogP contribution in [0.15, 0.2) is 24.3 Å². The van der Waals surface area contributed by atoms with E-state index in [0.29, 0.717) is 5.41 Å². The fourth-order valence-electron chi connectivity index (χ4n) is 2.11. The van der Waals surface area contributed by atoms with Gasteiger partial charge in [0.1, 0.15) is 0 Å². The molecule has 1 nitrogen and oxygen atoms in total. The van der Waals surface area contributed by atoms with E-state index >= 15 is 0 Å². The molecule has 0 unspecified atom stereocenters. The predicted octanol–water partition coefficient (Wildman–Crippen LogP) is 4.04. The van der Waals surface area contributed by atoms with Gasteiger partial charge in [-0.05, 0) is 36.0 Å². The number of rotatable bonds is 1. The van der Waals surface area contributed by atoms with Crippen molar-refractivity contribution >= 4 is 34.5 Å². The predicted molar refractivity (Wildman–Crippen MR) is 73.6 cm³/mol. The molecular formula is C12H15ClIN. The van der Waals surface area contributed by atoms with Crippen molar-refractivity contribution in [3.05, 3.63) is 34.9 Å². The summed E-state index contributed by atoms with van der Waals surface area (Å²) in [6.07, 6.45) is 2.47. The lowest BCUT2D eigenvalue weighted by atomic mass is 9.75. The number of halogens is 2. The van der Waals surface area contributed by atoms with Crippen LogP contribution in [0.5, 0.6) is 0 Å². The maximum Gasteiger partial charge on any atom is 0.0406 e. The number of piperidine rings is 1. The first-order chi connectivity index (χ1) is 7.10. The highest BCUT2D eigenvalue weighted by molar-refractivity contribution is 14.1. The molecule has 0 amide bonds. The Kier molecular flexibility index (Phi) is 3.58. The van der Waals surface area contributed by atoms with Crippen LogP contribution < -0.4 is 0 Å². The summed E-state index contributed by atoms with van der Waals surface area (Å²) < 4.78 is 2.37. The first-order valence-electron chi connectivity index (χ1n) is 5.27. The molecule has 2 rings (SSSR count). The van der Waals surface area contributed by atoms with Gasteiger partial charge in [0.25, 0.3) is 0 Å². The van der Waals surface area contributed by atoms with E-state index in [2.05, 4.69) is 45.0 Å². The topological polar surface area (TPSA) is 3.24 Å². The van der Waals surface area contributed by atoms with E-state index in [-0.39, 0.29) is 0 Å². The number of hydrogen-bond acceptors (Lipinski definition) is 1. The number of benzene rings is 1. The summed E-state index contributed by atoms with van der Waals surface area (Å²) in [5.74, 6) is 0. The Morgan fingerprint density at radius 1 is 1.20 bits per heavy atom. The Balaban J connectivity index is 2.18. The highest BCUT2D eigenvalue weighted by atomic mass is 127. The smallest absolute Gasteiger partial charge is 0.0406 e. The van der Waals surface area contributed by atoms with E-state index in [1.165, 1.54) is 31.5 Å². The Bertz CT molecular complexity index is 328. The van der Waals surface area contributed by atoms with Gasteiger partial charge < -0.3 is 0 Å². The van der Waals surface area contributed by atoms with Crippen molar-refractivity contribution in [2.24, 2.45) is 0 Å². The van der Waals surface area contributed by atoms with E-state index < -0.39 is 0 Å². The third-order valence-corrected chi connectivity index (χ3v) is 4.57. The minimum absolute atomic E-state index is 0.340. The summed E-state index contributed by atoms with van der Waals surface area (Å²) in [6.45, 7) is 4.72. The third kappa shape index (κ3) is 2.66. The van der Waals surface area contributed by atoms with Crippen LogP contribution in [0.1, 0.15) is 25.3 Å². The van der Waals surface area contributed by atoms with E-state index in [1.807, 2.05) is 12.1 Å². The normalized spacial score (nSPS) is 21.5. The van der Waals surface area contributed by atoms with Crippen molar-refractivity contribution in [1.29, 1.82) is 0 Å². The zero-order chi connectivity index (χ0) is 10.9. The second-order valence-electron chi connectivity index (χ2n) is 4.48. The van der Waals surface area contributed by atoms with Crippen LogP contribution in [-0.2, 0) is 5.41 Å². The van der Waals surface area contributed by atoms with Crippen molar-refractivity contribution in [1.82, 2.24) is 3.11 Å². The van der Waals surface area contributed by atoms with Crippen LogP contribution in [0, 0.1) is 0 Å². The van der Waals surface area contributed by atoms with Gasteiger partial charge in [0.2, 0.25) is 0 Å². The summed E-state index contributed by atoms with van der Waals surface area (Å²) in [6, 6.07) is 8.34.